The second kappa shape index (κ2) is 9.47. The van der Waals surface area contributed by atoms with Crippen LogP contribution in [-0.4, -0.2) is 38.6 Å². The molecule has 2 aromatic carbocycles. The van der Waals surface area contributed by atoms with Crippen molar-refractivity contribution in [3.8, 4) is 0 Å². The van der Waals surface area contributed by atoms with Crippen molar-refractivity contribution in [3.63, 3.8) is 0 Å². The first-order valence-corrected chi connectivity index (χ1v) is 11.9. The second-order valence-corrected chi connectivity index (χ2v) is 10.2. The first-order chi connectivity index (χ1) is 14.6. The third-order valence-corrected chi connectivity index (χ3v) is 6.53. The predicted octanol–water partition coefficient (Wildman–Crippen LogP) is 2.95. The van der Waals surface area contributed by atoms with Crippen LogP contribution in [0.15, 0.2) is 42.5 Å². The summed E-state index contributed by atoms with van der Waals surface area (Å²) in [5, 5.41) is 8.46. The molecule has 0 bridgehead atoms. The average molecular weight is 448 g/mol. The Morgan fingerprint density at radius 2 is 1.84 bits per heavy atom. The number of benzene rings is 2. The number of hydrogen-bond donors (Lipinski definition) is 3. The molecule has 1 aliphatic heterocycles. The van der Waals surface area contributed by atoms with Gasteiger partial charge in [-0.25, -0.2) is 12.8 Å². The van der Waals surface area contributed by atoms with Crippen LogP contribution >= 0.6 is 0 Å². The largest absolute Gasteiger partial charge is 0.371 e. The highest BCUT2D eigenvalue weighted by Gasteiger charge is 2.30. The molecular formula is C22H26FN3O4S. The van der Waals surface area contributed by atoms with Crippen LogP contribution in [0.4, 0.5) is 15.8 Å². The van der Waals surface area contributed by atoms with E-state index in [1.54, 1.807) is 18.2 Å². The van der Waals surface area contributed by atoms with Gasteiger partial charge in [0, 0.05) is 12.1 Å². The van der Waals surface area contributed by atoms with E-state index in [4.69, 9.17) is 0 Å². The summed E-state index contributed by atoms with van der Waals surface area (Å²) in [6, 6.07) is 9.07. The number of rotatable bonds is 8. The topological polar surface area (TPSA) is 104 Å². The molecule has 1 aliphatic rings. The number of sulfone groups is 1. The lowest BCUT2D eigenvalue weighted by Gasteiger charge is -2.27. The van der Waals surface area contributed by atoms with Gasteiger partial charge in [0.05, 0.1) is 22.9 Å². The molecule has 0 spiro atoms. The van der Waals surface area contributed by atoms with Gasteiger partial charge in [0.15, 0.2) is 9.84 Å². The van der Waals surface area contributed by atoms with Crippen LogP contribution < -0.4 is 16.0 Å². The maximum atomic E-state index is 13.0. The highest BCUT2D eigenvalue weighted by molar-refractivity contribution is 7.90. The van der Waals surface area contributed by atoms with Crippen molar-refractivity contribution in [2.45, 2.75) is 32.1 Å². The second-order valence-electron chi connectivity index (χ2n) is 8.07. The zero-order chi connectivity index (χ0) is 22.6. The van der Waals surface area contributed by atoms with Gasteiger partial charge in [0.25, 0.3) is 5.91 Å². The smallest absolute Gasteiger partial charge is 0.251 e. The van der Waals surface area contributed by atoms with Crippen molar-refractivity contribution < 1.29 is 22.4 Å². The number of carbonyl (C=O) groups excluding carboxylic acids is 2. The summed E-state index contributed by atoms with van der Waals surface area (Å²) in [6.45, 7) is 4.71. The molecule has 2 amide bonds. The van der Waals surface area contributed by atoms with Crippen molar-refractivity contribution in [1.82, 2.24) is 5.32 Å². The Labute approximate surface area is 181 Å². The number of hydrogen-bond acceptors (Lipinski definition) is 5. The first kappa shape index (κ1) is 22.7. The fraction of sp³-hybridized carbons (Fsp3) is 0.364. The summed E-state index contributed by atoms with van der Waals surface area (Å²) in [4.78, 5) is 24.8. The molecule has 7 nitrogen and oxygen atoms in total. The number of anilines is 2. The summed E-state index contributed by atoms with van der Waals surface area (Å²) in [7, 11) is -3.63. The van der Waals surface area contributed by atoms with Crippen LogP contribution in [0.1, 0.15) is 36.2 Å². The number of halogens is 1. The van der Waals surface area contributed by atoms with Crippen LogP contribution in [0.5, 0.6) is 0 Å². The summed E-state index contributed by atoms with van der Waals surface area (Å²) in [5.41, 5.74) is 1.83. The van der Waals surface area contributed by atoms with Gasteiger partial charge >= 0.3 is 0 Å². The maximum Gasteiger partial charge on any atom is 0.251 e. The molecule has 0 saturated heterocycles. The van der Waals surface area contributed by atoms with E-state index in [1.807, 2.05) is 0 Å². The number of carbonyl (C=O) groups is 2. The van der Waals surface area contributed by atoms with Gasteiger partial charge < -0.3 is 16.0 Å². The molecule has 0 aliphatic carbocycles. The maximum absolute atomic E-state index is 13.0. The number of amides is 2. The van der Waals surface area contributed by atoms with Crippen LogP contribution in [0, 0.1) is 11.7 Å². The molecule has 0 fully saturated rings. The van der Waals surface area contributed by atoms with Gasteiger partial charge in [0.2, 0.25) is 5.91 Å². The van der Waals surface area contributed by atoms with Crippen LogP contribution in [-0.2, 0) is 20.4 Å². The molecule has 166 valence electrons. The van der Waals surface area contributed by atoms with Crippen LogP contribution in [0.25, 0.3) is 0 Å². The zero-order valence-electron chi connectivity index (χ0n) is 17.4. The van der Waals surface area contributed by atoms with Gasteiger partial charge in [-0.15, -0.1) is 0 Å². The predicted molar refractivity (Wildman–Crippen MR) is 118 cm³/mol. The van der Waals surface area contributed by atoms with Gasteiger partial charge in [0.1, 0.15) is 11.9 Å². The van der Waals surface area contributed by atoms with Gasteiger partial charge in [-0.2, -0.15) is 0 Å². The van der Waals surface area contributed by atoms with Crippen LogP contribution in [0.2, 0.25) is 0 Å². The van der Waals surface area contributed by atoms with Crippen molar-refractivity contribution in [3.05, 3.63) is 59.4 Å². The Morgan fingerprint density at radius 1 is 1.13 bits per heavy atom. The SMILES string of the molecule is CC(C)CCNC(=O)c1ccc2c(c1)NC(=O)[C@@H](CS(=O)(=O)Cc1ccc(F)cc1)N2. The van der Waals surface area contributed by atoms with E-state index in [2.05, 4.69) is 29.8 Å². The van der Waals surface area contributed by atoms with E-state index in [0.29, 0.717) is 35.0 Å². The minimum Gasteiger partial charge on any atom is -0.371 e. The minimum atomic E-state index is -3.63. The minimum absolute atomic E-state index is 0.235. The van der Waals surface area contributed by atoms with Gasteiger partial charge in [-0.1, -0.05) is 26.0 Å². The summed E-state index contributed by atoms with van der Waals surface area (Å²) in [5.74, 6) is -1.40. The molecule has 9 heteroatoms. The molecular weight excluding hydrogens is 421 g/mol. The number of fused-ring (bicyclic) bond motifs is 1. The van der Waals surface area contributed by atoms with E-state index in [-0.39, 0.29) is 11.7 Å². The van der Waals surface area contributed by atoms with Crippen molar-refractivity contribution >= 4 is 33.0 Å². The van der Waals surface area contributed by atoms with E-state index in [1.165, 1.54) is 24.3 Å². The molecule has 31 heavy (non-hydrogen) atoms. The normalized spacial score (nSPS) is 15.7. The molecule has 1 atom stereocenters. The van der Waals surface area contributed by atoms with Crippen molar-refractivity contribution in [1.29, 1.82) is 0 Å². The summed E-state index contributed by atoms with van der Waals surface area (Å²) in [6.07, 6.45) is 0.864. The van der Waals surface area contributed by atoms with E-state index in [9.17, 15) is 22.4 Å². The fourth-order valence-corrected chi connectivity index (χ4v) is 4.79. The Bertz CT molecular complexity index is 1070. The molecule has 3 rings (SSSR count). The van der Waals surface area contributed by atoms with Crippen molar-refractivity contribution in [2.75, 3.05) is 22.9 Å². The molecule has 0 unspecified atom stereocenters. The highest BCUT2D eigenvalue weighted by atomic mass is 32.2. The lowest BCUT2D eigenvalue weighted by Crippen LogP contribution is -2.43. The molecule has 1 heterocycles. The Morgan fingerprint density at radius 3 is 2.52 bits per heavy atom. The lowest BCUT2D eigenvalue weighted by molar-refractivity contribution is -0.116. The molecule has 0 saturated carbocycles. The van der Waals surface area contributed by atoms with Gasteiger partial charge in [-0.05, 0) is 48.2 Å². The van der Waals surface area contributed by atoms with E-state index < -0.39 is 33.4 Å². The first-order valence-electron chi connectivity index (χ1n) is 10.1. The molecule has 3 N–H and O–H groups in total. The van der Waals surface area contributed by atoms with E-state index in [0.717, 1.165) is 6.42 Å². The zero-order valence-corrected chi connectivity index (χ0v) is 18.3. The summed E-state index contributed by atoms with van der Waals surface area (Å²) >= 11 is 0. The third kappa shape index (κ3) is 6.27. The molecule has 0 radical (unpaired) electrons. The number of nitrogens with one attached hydrogen (secondary N) is 3. The van der Waals surface area contributed by atoms with E-state index >= 15 is 0 Å². The van der Waals surface area contributed by atoms with Crippen LogP contribution in [0.3, 0.4) is 0 Å². The standard InChI is InChI=1S/C22H26FN3O4S/c1-14(2)9-10-24-21(27)16-5-8-18-19(11-16)26-22(28)20(25-18)13-31(29,30)12-15-3-6-17(23)7-4-15/h3-8,11,14,20,25H,9-10,12-13H2,1-2H3,(H,24,27)(H,26,28)/t20-/m1/s1. The Kier molecular flexibility index (Phi) is 6.94. The Balaban J connectivity index is 1.65. The molecule has 0 aromatic heterocycles. The monoisotopic (exact) mass is 447 g/mol. The quantitative estimate of drug-likeness (QED) is 0.577. The molecule has 2 aromatic rings. The average Bonchev–Trinajstić information content (AvgIpc) is 2.69. The third-order valence-electron chi connectivity index (χ3n) is 4.91. The van der Waals surface area contributed by atoms with Crippen molar-refractivity contribution in [2.24, 2.45) is 5.92 Å². The lowest BCUT2D eigenvalue weighted by atomic mass is 10.1. The summed E-state index contributed by atoms with van der Waals surface area (Å²) < 4.78 is 38.1. The van der Waals surface area contributed by atoms with Gasteiger partial charge in [-0.3, -0.25) is 9.59 Å². The highest BCUT2D eigenvalue weighted by Crippen LogP contribution is 2.28. The fourth-order valence-electron chi connectivity index (χ4n) is 3.23. The Hall–Kier alpha value is -2.94.